The van der Waals surface area contributed by atoms with Crippen molar-refractivity contribution in [2.45, 2.75) is 18.9 Å². The average molecular weight is 270 g/mol. The van der Waals surface area contributed by atoms with Crippen molar-refractivity contribution in [1.82, 2.24) is 0 Å². The normalized spacial score (nSPS) is 14.3. The zero-order valence-electron chi connectivity index (χ0n) is 11.1. The predicted octanol–water partition coefficient (Wildman–Crippen LogP) is 4.41. The molecule has 0 aliphatic heterocycles. The van der Waals surface area contributed by atoms with Crippen molar-refractivity contribution in [1.29, 1.82) is 0 Å². The van der Waals surface area contributed by atoms with Crippen molar-refractivity contribution in [2.24, 2.45) is 0 Å². The third-order valence-electron chi connectivity index (χ3n) is 3.59. The standard InChI is InChI=1S/C17H15FO2/c1-11(12-5-3-2-4-6-12)17(19)16-10-13-9-14(18)7-8-15(13)20-16/h2-11,17,19H,1H3. The molecule has 0 radical (unpaired) electrons. The van der Waals surface area contributed by atoms with Gasteiger partial charge in [0.2, 0.25) is 0 Å². The van der Waals surface area contributed by atoms with Crippen LogP contribution in [0.15, 0.2) is 59.0 Å². The van der Waals surface area contributed by atoms with Crippen LogP contribution in [0.3, 0.4) is 0 Å². The van der Waals surface area contributed by atoms with E-state index in [1.165, 1.54) is 12.1 Å². The number of furan rings is 1. The number of hydrogen-bond acceptors (Lipinski definition) is 2. The Morgan fingerprint density at radius 2 is 1.80 bits per heavy atom. The lowest BCUT2D eigenvalue weighted by atomic mass is 9.94. The number of hydrogen-bond donors (Lipinski definition) is 1. The maximum absolute atomic E-state index is 13.2. The van der Waals surface area contributed by atoms with Gasteiger partial charge in [0.15, 0.2) is 0 Å². The average Bonchev–Trinajstić information content (AvgIpc) is 2.89. The molecule has 2 nitrogen and oxygen atoms in total. The van der Waals surface area contributed by atoms with Crippen LogP contribution in [0, 0.1) is 5.82 Å². The van der Waals surface area contributed by atoms with E-state index in [9.17, 15) is 9.50 Å². The fourth-order valence-corrected chi connectivity index (χ4v) is 2.37. The summed E-state index contributed by atoms with van der Waals surface area (Å²) in [6.45, 7) is 1.94. The van der Waals surface area contributed by atoms with Crippen LogP contribution >= 0.6 is 0 Å². The summed E-state index contributed by atoms with van der Waals surface area (Å²) in [6.07, 6.45) is -0.757. The van der Waals surface area contributed by atoms with E-state index in [1.807, 2.05) is 37.3 Å². The molecule has 0 fully saturated rings. The zero-order chi connectivity index (χ0) is 14.1. The molecular weight excluding hydrogens is 255 g/mol. The molecule has 102 valence electrons. The maximum Gasteiger partial charge on any atom is 0.134 e. The topological polar surface area (TPSA) is 33.4 Å². The molecule has 20 heavy (non-hydrogen) atoms. The quantitative estimate of drug-likeness (QED) is 0.764. The first-order valence-electron chi connectivity index (χ1n) is 6.57. The smallest absolute Gasteiger partial charge is 0.134 e. The highest BCUT2D eigenvalue weighted by Gasteiger charge is 2.21. The molecule has 1 N–H and O–H groups in total. The number of fused-ring (bicyclic) bond motifs is 1. The second-order valence-electron chi connectivity index (χ2n) is 4.98. The number of rotatable bonds is 3. The lowest BCUT2D eigenvalue weighted by Gasteiger charge is -2.17. The summed E-state index contributed by atoms with van der Waals surface area (Å²) in [7, 11) is 0. The Hall–Kier alpha value is -2.13. The fraction of sp³-hybridized carbons (Fsp3) is 0.176. The molecule has 2 unspecified atom stereocenters. The van der Waals surface area contributed by atoms with Crippen molar-refractivity contribution < 1.29 is 13.9 Å². The highest BCUT2D eigenvalue weighted by Crippen LogP contribution is 2.33. The van der Waals surface area contributed by atoms with Gasteiger partial charge in [-0.1, -0.05) is 37.3 Å². The summed E-state index contributed by atoms with van der Waals surface area (Å²) >= 11 is 0. The van der Waals surface area contributed by atoms with Crippen molar-refractivity contribution in [3.63, 3.8) is 0 Å². The van der Waals surface area contributed by atoms with Crippen molar-refractivity contribution in [2.75, 3.05) is 0 Å². The molecule has 1 heterocycles. The number of benzene rings is 2. The monoisotopic (exact) mass is 270 g/mol. The minimum atomic E-state index is -0.757. The molecule has 0 amide bonds. The van der Waals surface area contributed by atoms with E-state index >= 15 is 0 Å². The first-order valence-corrected chi connectivity index (χ1v) is 6.57. The van der Waals surface area contributed by atoms with Crippen LogP contribution in [0.1, 0.15) is 30.3 Å². The predicted molar refractivity (Wildman–Crippen MR) is 76.0 cm³/mol. The van der Waals surface area contributed by atoms with Gasteiger partial charge in [-0.05, 0) is 29.8 Å². The van der Waals surface area contributed by atoms with E-state index in [-0.39, 0.29) is 11.7 Å². The molecule has 0 aliphatic carbocycles. The molecule has 0 aliphatic rings. The van der Waals surface area contributed by atoms with Crippen LogP contribution in [-0.2, 0) is 0 Å². The van der Waals surface area contributed by atoms with Crippen molar-refractivity contribution in [3.8, 4) is 0 Å². The van der Waals surface area contributed by atoms with E-state index in [0.717, 1.165) is 5.56 Å². The zero-order valence-corrected chi connectivity index (χ0v) is 11.1. The van der Waals surface area contributed by atoms with Gasteiger partial charge in [-0.3, -0.25) is 0 Å². The van der Waals surface area contributed by atoms with Crippen LogP contribution in [0.4, 0.5) is 4.39 Å². The van der Waals surface area contributed by atoms with Gasteiger partial charge in [0.1, 0.15) is 23.3 Å². The Labute approximate surface area is 116 Å². The van der Waals surface area contributed by atoms with Crippen LogP contribution in [0.2, 0.25) is 0 Å². The minimum Gasteiger partial charge on any atom is -0.458 e. The SMILES string of the molecule is CC(c1ccccc1)C(O)c1cc2cc(F)ccc2o1. The minimum absolute atomic E-state index is 0.0957. The molecule has 3 aromatic rings. The summed E-state index contributed by atoms with van der Waals surface area (Å²) in [5.74, 6) is 0.0546. The Bertz CT molecular complexity index is 718. The number of aliphatic hydroxyl groups is 1. The third kappa shape index (κ3) is 2.32. The Kier molecular flexibility index (Phi) is 3.28. The highest BCUT2D eigenvalue weighted by atomic mass is 19.1. The second-order valence-corrected chi connectivity index (χ2v) is 4.98. The molecule has 3 heteroatoms. The molecule has 0 bridgehead atoms. The molecule has 2 atom stereocenters. The van der Waals surface area contributed by atoms with E-state index in [0.29, 0.717) is 16.7 Å². The summed E-state index contributed by atoms with van der Waals surface area (Å²) in [5.41, 5.74) is 1.62. The number of aliphatic hydroxyl groups excluding tert-OH is 1. The van der Waals surface area contributed by atoms with Gasteiger partial charge in [0, 0.05) is 11.3 Å². The lowest BCUT2D eigenvalue weighted by molar-refractivity contribution is 0.128. The molecule has 0 saturated carbocycles. The summed E-state index contributed by atoms with van der Waals surface area (Å²) < 4.78 is 18.8. The van der Waals surface area contributed by atoms with E-state index in [1.54, 1.807) is 12.1 Å². The van der Waals surface area contributed by atoms with Crippen molar-refractivity contribution >= 4 is 11.0 Å². The molecule has 0 saturated heterocycles. The van der Waals surface area contributed by atoms with Gasteiger partial charge in [0.25, 0.3) is 0 Å². The van der Waals surface area contributed by atoms with Gasteiger partial charge in [-0.2, -0.15) is 0 Å². The van der Waals surface area contributed by atoms with E-state index in [2.05, 4.69) is 0 Å². The molecule has 1 aromatic heterocycles. The first-order chi connectivity index (χ1) is 9.65. The maximum atomic E-state index is 13.2. The van der Waals surface area contributed by atoms with Gasteiger partial charge < -0.3 is 9.52 Å². The second kappa shape index (κ2) is 5.10. The van der Waals surface area contributed by atoms with Gasteiger partial charge in [-0.15, -0.1) is 0 Å². The molecule has 3 rings (SSSR count). The lowest BCUT2D eigenvalue weighted by Crippen LogP contribution is -2.06. The molecule has 2 aromatic carbocycles. The summed E-state index contributed by atoms with van der Waals surface area (Å²) in [6, 6.07) is 15.8. The van der Waals surface area contributed by atoms with Crippen LogP contribution < -0.4 is 0 Å². The van der Waals surface area contributed by atoms with Crippen molar-refractivity contribution in [3.05, 3.63) is 71.7 Å². The Morgan fingerprint density at radius 1 is 1.05 bits per heavy atom. The molecule has 0 spiro atoms. The van der Waals surface area contributed by atoms with Crippen LogP contribution in [-0.4, -0.2) is 5.11 Å². The third-order valence-corrected chi connectivity index (χ3v) is 3.59. The van der Waals surface area contributed by atoms with Gasteiger partial charge in [-0.25, -0.2) is 4.39 Å². The largest absolute Gasteiger partial charge is 0.458 e. The van der Waals surface area contributed by atoms with Gasteiger partial charge in [0.05, 0.1) is 0 Å². The summed E-state index contributed by atoms with van der Waals surface area (Å²) in [5, 5.41) is 11.1. The van der Waals surface area contributed by atoms with Crippen LogP contribution in [0.25, 0.3) is 11.0 Å². The summed E-state index contributed by atoms with van der Waals surface area (Å²) in [4.78, 5) is 0. The number of halogens is 1. The van der Waals surface area contributed by atoms with Crippen LogP contribution in [0.5, 0.6) is 0 Å². The van der Waals surface area contributed by atoms with E-state index in [4.69, 9.17) is 4.42 Å². The Balaban J connectivity index is 1.94. The molecular formula is C17H15FO2. The first kappa shape index (κ1) is 12.9. The van der Waals surface area contributed by atoms with E-state index < -0.39 is 6.10 Å². The van der Waals surface area contributed by atoms with Gasteiger partial charge >= 0.3 is 0 Å². The highest BCUT2D eigenvalue weighted by molar-refractivity contribution is 5.78. The Morgan fingerprint density at radius 3 is 2.55 bits per heavy atom. The fourth-order valence-electron chi connectivity index (χ4n) is 2.37.